The van der Waals surface area contributed by atoms with Crippen LogP contribution in [0.5, 0.6) is 0 Å². The molecule has 8 aromatic heterocycles. The maximum atomic E-state index is 14.5. The molecule has 32 heteroatoms. The van der Waals surface area contributed by atoms with E-state index in [4.69, 9.17) is 14.7 Å². The Morgan fingerprint density at radius 1 is 0.633 bits per heavy atom. The zero-order valence-electron chi connectivity index (χ0n) is 47.9. The summed E-state index contributed by atoms with van der Waals surface area (Å²) in [7, 11) is 0. The smallest absolute Gasteiger partial charge is 0.436 e. The van der Waals surface area contributed by atoms with E-state index < -0.39 is 75.4 Å². The number of hydrogen-bond donors (Lipinski definition) is 3. The van der Waals surface area contributed by atoms with Crippen LogP contribution in [-0.2, 0) is 37.8 Å². The van der Waals surface area contributed by atoms with Gasteiger partial charge in [-0.25, -0.2) is 38.7 Å². The molecule has 0 spiro atoms. The highest BCUT2D eigenvalue weighted by atomic mass is 19.4. The van der Waals surface area contributed by atoms with Gasteiger partial charge in [-0.2, -0.15) is 56.7 Å². The predicted molar refractivity (Wildman–Crippen MR) is 298 cm³/mol. The van der Waals surface area contributed by atoms with Crippen molar-refractivity contribution in [3.8, 4) is 34.7 Å². The van der Waals surface area contributed by atoms with E-state index in [9.17, 15) is 60.0 Å². The van der Waals surface area contributed by atoms with Gasteiger partial charge in [-0.05, 0) is 56.4 Å². The second-order valence-electron chi connectivity index (χ2n) is 21.9. The topological polar surface area (TPSA) is 311 Å². The number of pyridine rings is 2. The monoisotopic (exact) mass is 1250 g/mol. The average molecular weight is 1250 g/mol. The first-order valence-corrected chi connectivity index (χ1v) is 28.2. The molecule has 8 aromatic rings. The van der Waals surface area contributed by atoms with E-state index in [0.29, 0.717) is 58.3 Å². The number of amides is 2. The van der Waals surface area contributed by atoms with Crippen LogP contribution in [0.3, 0.4) is 0 Å². The molecule has 0 saturated carbocycles. The number of fused-ring (bicyclic) bond motifs is 2. The van der Waals surface area contributed by atoms with Crippen LogP contribution >= 0.6 is 0 Å². The minimum absolute atomic E-state index is 0.111. The number of aliphatic carboxylic acids is 1. The molecule has 4 saturated heterocycles. The minimum atomic E-state index is -4.99. The number of rotatable bonds is 13. The van der Waals surface area contributed by atoms with Crippen LogP contribution in [0.25, 0.3) is 44.6 Å². The van der Waals surface area contributed by atoms with Crippen molar-refractivity contribution in [2.24, 2.45) is 0 Å². The standard InChI is InChI=1S/2C26H23F4N9O.C5H10O2.CO2/c2*27-20-18(1-7-32-22(20)26(28,29)30)24(40)37-9-3-17(4-10-37)38-13-25(14-38,5-6-31)39-12-16(11-36-39)21-19-2-8-33-23(19)35-15-34-21;1-2-3-4-5(6)7;2-1-3/h2*1-2,7-8,11-12,15,17H,3-5,9-10,13-14H2,(H,33,34,35);2-4H2,1H3,(H,6,7);. The quantitative estimate of drug-likeness (QED) is 0.0924. The SMILES string of the molecule is CCCCC(=O)O.N#CCC1(n2cc(-c3ncnc4[nH]ccc34)cn2)CN(C2CCN(C(=O)c3ccnc(C(F)(F)F)c3F)CC2)C1.N#CCC1(n2cc(-c3ncnc4[nH]ccc34)cn2)CN(C2CCN(C(=O)c3ccnc(C(F)(F)F)c3F)CC2)C1.O=C=O. The van der Waals surface area contributed by atoms with Crippen LogP contribution in [0.1, 0.15) is 96.8 Å². The fraction of sp³-hybridized carbons (Fsp3) is 0.414. The Morgan fingerprint density at radius 2 is 1.02 bits per heavy atom. The molecule has 0 unspecified atom stereocenters. The normalized spacial score (nSPS) is 16.8. The lowest BCUT2D eigenvalue weighted by Crippen LogP contribution is -2.66. The Bertz CT molecular complexity index is 3750. The number of unbranched alkanes of at least 4 members (excludes halogenated alkanes) is 1. The summed E-state index contributed by atoms with van der Waals surface area (Å²) in [5, 5.41) is 38.1. The molecule has 12 heterocycles. The molecule has 0 aliphatic carbocycles. The first kappa shape index (κ1) is 64.6. The van der Waals surface area contributed by atoms with Crippen molar-refractivity contribution in [1.82, 2.24) is 79.0 Å². The molecule has 3 N–H and O–H groups in total. The fourth-order valence-corrected chi connectivity index (χ4v) is 11.7. The predicted octanol–water partition coefficient (Wildman–Crippen LogP) is 7.89. The van der Waals surface area contributed by atoms with Gasteiger partial charge in [-0.15, -0.1) is 0 Å². The fourth-order valence-electron chi connectivity index (χ4n) is 11.7. The summed E-state index contributed by atoms with van der Waals surface area (Å²) >= 11 is 0. The summed E-state index contributed by atoms with van der Waals surface area (Å²) in [6, 6.07) is 10.5. The number of likely N-dealkylation sites (tertiary alicyclic amines) is 4. The number of halogens is 8. The van der Waals surface area contributed by atoms with Gasteiger partial charge in [0.1, 0.15) is 35.0 Å². The van der Waals surface area contributed by atoms with Gasteiger partial charge >= 0.3 is 24.5 Å². The first-order chi connectivity index (χ1) is 43.1. The maximum absolute atomic E-state index is 14.5. The second-order valence-corrected chi connectivity index (χ2v) is 21.9. The van der Waals surface area contributed by atoms with E-state index in [0.717, 1.165) is 81.9 Å². The van der Waals surface area contributed by atoms with Crippen molar-refractivity contribution < 1.29 is 64.2 Å². The van der Waals surface area contributed by atoms with Crippen molar-refractivity contribution in [2.45, 2.75) is 100 Å². The highest BCUT2D eigenvalue weighted by Crippen LogP contribution is 2.40. The third-order valence-corrected chi connectivity index (χ3v) is 16.3. The van der Waals surface area contributed by atoms with E-state index in [1.54, 1.807) is 24.8 Å². The van der Waals surface area contributed by atoms with Gasteiger partial charge in [0.05, 0.1) is 59.9 Å². The third-order valence-electron chi connectivity index (χ3n) is 16.3. The molecule has 2 amide bonds. The molecule has 4 aliphatic heterocycles. The number of carboxylic acid groups (broad SMARTS) is 1. The van der Waals surface area contributed by atoms with Crippen LogP contribution < -0.4 is 0 Å². The van der Waals surface area contributed by atoms with Crippen molar-refractivity contribution in [2.75, 3.05) is 52.4 Å². The van der Waals surface area contributed by atoms with Gasteiger partial charge in [0, 0.05) is 130 Å². The van der Waals surface area contributed by atoms with E-state index >= 15 is 0 Å². The van der Waals surface area contributed by atoms with Gasteiger partial charge in [0.2, 0.25) is 0 Å². The van der Waals surface area contributed by atoms with Gasteiger partial charge in [0.25, 0.3) is 11.8 Å². The van der Waals surface area contributed by atoms with Crippen molar-refractivity contribution in [3.63, 3.8) is 0 Å². The van der Waals surface area contributed by atoms with Crippen LogP contribution in [0, 0.1) is 34.3 Å². The largest absolute Gasteiger partial charge is 0.481 e. The molecule has 4 aliphatic rings. The number of nitrogens with zero attached hydrogens (tertiary/aromatic N) is 16. The van der Waals surface area contributed by atoms with Crippen molar-refractivity contribution in [3.05, 3.63) is 121 Å². The third kappa shape index (κ3) is 13.7. The number of piperidine rings is 2. The average Bonchev–Trinajstić information content (AvgIpc) is 1.44. The number of alkyl halides is 6. The second kappa shape index (κ2) is 27.2. The number of aromatic nitrogens is 12. The van der Waals surface area contributed by atoms with Crippen LogP contribution in [0.2, 0.25) is 0 Å². The van der Waals surface area contributed by atoms with E-state index in [1.165, 1.54) is 22.5 Å². The zero-order valence-corrected chi connectivity index (χ0v) is 47.9. The summed E-state index contributed by atoms with van der Waals surface area (Å²) in [6.45, 7) is 5.41. The number of aromatic amines is 2. The molecular formula is C58H56F8N18O6. The Labute approximate surface area is 506 Å². The molecule has 90 heavy (non-hydrogen) atoms. The molecule has 0 bridgehead atoms. The van der Waals surface area contributed by atoms with E-state index in [2.05, 4.69) is 72.0 Å². The van der Waals surface area contributed by atoms with Crippen molar-refractivity contribution in [1.29, 1.82) is 10.5 Å². The Morgan fingerprint density at radius 3 is 1.36 bits per heavy atom. The Hall–Kier alpha value is -9.91. The summed E-state index contributed by atoms with van der Waals surface area (Å²) in [6.07, 6.45) is 10.6. The van der Waals surface area contributed by atoms with Crippen LogP contribution in [0.15, 0.2) is 86.5 Å². The van der Waals surface area contributed by atoms with Crippen molar-refractivity contribution >= 4 is 46.0 Å². The van der Waals surface area contributed by atoms with Gasteiger partial charge in [-0.3, -0.25) is 33.5 Å². The zero-order chi connectivity index (χ0) is 64.5. The highest BCUT2D eigenvalue weighted by molar-refractivity contribution is 5.95. The molecular weight excluding hydrogens is 1200 g/mol. The molecule has 0 atom stereocenters. The molecule has 0 radical (unpaired) electrons. The molecule has 24 nitrogen and oxygen atoms in total. The first-order valence-electron chi connectivity index (χ1n) is 28.2. The molecule has 0 aromatic carbocycles. The summed E-state index contributed by atoms with van der Waals surface area (Å²) in [5.41, 5.74) is -1.14. The van der Waals surface area contributed by atoms with E-state index in [1.807, 2.05) is 40.8 Å². The lowest BCUT2D eigenvalue weighted by molar-refractivity contribution is -0.191. The summed E-state index contributed by atoms with van der Waals surface area (Å²) in [4.78, 5) is 88.4. The van der Waals surface area contributed by atoms with Crippen LogP contribution in [0.4, 0.5) is 35.1 Å². The van der Waals surface area contributed by atoms with Gasteiger partial charge in [0.15, 0.2) is 23.0 Å². The number of nitrogens with one attached hydrogen (secondary N) is 2. The minimum Gasteiger partial charge on any atom is -0.481 e. The number of carboxylic acids is 1. The lowest BCUT2D eigenvalue weighted by Gasteiger charge is -2.53. The highest BCUT2D eigenvalue weighted by Gasteiger charge is 2.50. The number of nitriles is 2. The number of carbonyl (C=O) groups is 3. The number of hydrogen-bond acceptors (Lipinski definition) is 17. The molecule has 470 valence electrons. The van der Waals surface area contributed by atoms with Gasteiger partial charge in [-0.1, -0.05) is 13.3 Å². The van der Waals surface area contributed by atoms with Crippen LogP contribution in [-0.4, -0.2) is 173 Å². The summed E-state index contributed by atoms with van der Waals surface area (Å²) < 4.78 is 111. The molecule has 12 rings (SSSR count). The van der Waals surface area contributed by atoms with Gasteiger partial charge < -0.3 is 24.9 Å². The van der Waals surface area contributed by atoms with E-state index in [-0.39, 0.29) is 57.3 Å². The number of H-pyrrole nitrogens is 2. The summed E-state index contributed by atoms with van der Waals surface area (Å²) in [5.74, 6) is -5.55. The maximum Gasteiger partial charge on any atom is 0.436 e. The Balaban J connectivity index is 0.000000186. The lowest BCUT2D eigenvalue weighted by atomic mass is 9.83. The Kier molecular flexibility index (Phi) is 19.5. The number of carbonyl (C=O) groups excluding carboxylic acids is 4. The molecule has 4 fully saturated rings.